The SMILES string of the molecule is O=C(O)c1cc(NC(=O)C(F)(F)F)ncn1. The molecule has 0 aromatic carbocycles. The third-order valence-electron chi connectivity index (χ3n) is 1.39. The largest absolute Gasteiger partial charge is 0.477 e. The highest BCUT2D eigenvalue weighted by Crippen LogP contribution is 2.17. The summed E-state index contributed by atoms with van der Waals surface area (Å²) in [6.45, 7) is 0. The van der Waals surface area contributed by atoms with Crippen LogP contribution in [0.3, 0.4) is 0 Å². The van der Waals surface area contributed by atoms with Gasteiger partial charge >= 0.3 is 18.1 Å². The van der Waals surface area contributed by atoms with Crippen molar-refractivity contribution in [1.82, 2.24) is 9.97 Å². The first kappa shape index (κ1) is 11.9. The van der Waals surface area contributed by atoms with Gasteiger partial charge in [-0.05, 0) is 0 Å². The zero-order valence-electron chi connectivity index (χ0n) is 7.45. The molecule has 9 heteroatoms. The van der Waals surface area contributed by atoms with Crippen molar-refractivity contribution in [1.29, 1.82) is 0 Å². The Morgan fingerprint density at radius 2 is 1.94 bits per heavy atom. The predicted octanol–water partition coefficient (Wildman–Crippen LogP) is 0.676. The maximum atomic E-state index is 11.8. The number of rotatable bonds is 2. The number of amides is 1. The fourth-order valence-electron chi connectivity index (χ4n) is 0.730. The number of carbonyl (C=O) groups excluding carboxylic acids is 1. The van der Waals surface area contributed by atoms with Gasteiger partial charge in [0, 0.05) is 6.07 Å². The molecule has 1 aromatic heterocycles. The summed E-state index contributed by atoms with van der Waals surface area (Å²) in [7, 11) is 0. The van der Waals surface area contributed by atoms with E-state index in [0.717, 1.165) is 6.33 Å². The number of alkyl halides is 3. The van der Waals surface area contributed by atoms with E-state index in [-0.39, 0.29) is 0 Å². The average Bonchev–Trinajstić information content (AvgIpc) is 2.16. The third-order valence-corrected chi connectivity index (χ3v) is 1.39. The van der Waals surface area contributed by atoms with Gasteiger partial charge < -0.3 is 10.4 Å². The van der Waals surface area contributed by atoms with Crippen LogP contribution in [0.2, 0.25) is 0 Å². The topological polar surface area (TPSA) is 92.2 Å². The monoisotopic (exact) mass is 235 g/mol. The summed E-state index contributed by atoms with van der Waals surface area (Å²) in [4.78, 5) is 27.4. The Kier molecular flexibility index (Phi) is 3.06. The van der Waals surface area contributed by atoms with Crippen LogP contribution in [0.4, 0.5) is 19.0 Å². The summed E-state index contributed by atoms with van der Waals surface area (Å²) < 4.78 is 35.5. The van der Waals surface area contributed by atoms with E-state index in [1.807, 2.05) is 0 Å². The van der Waals surface area contributed by atoms with Crippen molar-refractivity contribution >= 4 is 17.7 Å². The number of nitrogens with zero attached hydrogens (tertiary/aromatic N) is 2. The number of halogens is 3. The van der Waals surface area contributed by atoms with Crippen LogP contribution in [0.25, 0.3) is 0 Å². The molecule has 0 atom stereocenters. The minimum atomic E-state index is -5.06. The maximum absolute atomic E-state index is 11.8. The van der Waals surface area contributed by atoms with Gasteiger partial charge in [-0.2, -0.15) is 13.2 Å². The summed E-state index contributed by atoms with van der Waals surface area (Å²) >= 11 is 0. The molecule has 0 unspecified atom stereocenters. The van der Waals surface area contributed by atoms with E-state index in [4.69, 9.17) is 5.11 Å². The number of carboxylic acids is 1. The highest BCUT2D eigenvalue weighted by molar-refractivity contribution is 5.95. The summed E-state index contributed by atoms with van der Waals surface area (Å²) in [6.07, 6.45) is -4.33. The molecule has 0 saturated carbocycles. The van der Waals surface area contributed by atoms with Crippen LogP contribution in [-0.2, 0) is 4.79 Å². The fraction of sp³-hybridized carbons (Fsp3) is 0.143. The molecule has 1 amide bonds. The van der Waals surface area contributed by atoms with Gasteiger partial charge in [0.05, 0.1) is 0 Å². The van der Waals surface area contributed by atoms with E-state index in [0.29, 0.717) is 6.07 Å². The molecule has 0 aliphatic rings. The van der Waals surface area contributed by atoms with Crippen molar-refractivity contribution in [2.45, 2.75) is 6.18 Å². The summed E-state index contributed by atoms with van der Waals surface area (Å²) in [5.74, 6) is -4.21. The molecule has 86 valence electrons. The third kappa shape index (κ3) is 2.90. The van der Waals surface area contributed by atoms with Crippen LogP contribution in [-0.4, -0.2) is 33.1 Å². The van der Waals surface area contributed by atoms with Crippen LogP contribution >= 0.6 is 0 Å². The number of carboxylic acid groups (broad SMARTS) is 1. The number of hydrogen-bond donors (Lipinski definition) is 2. The van der Waals surface area contributed by atoms with Crippen LogP contribution < -0.4 is 5.32 Å². The van der Waals surface area contributed by atoms with Crippen LogP contribution in [0.15, 0.2) is 12.4 Å². The molecular weight excluding hydrogens is 231 g/mol. The van der Waals surface area contributed by atoms with Gasteiger partial charge in [0.1, 0.15) is 12.1 Å². The number of nitrogens with one attached hydrogen (secondary N) is 1. The van der Waals surface area contributed by atoms with E-state index in [1.54, 1.807) is 0 Å². The molecule has 1 heterocycles. The number of hydrogen-bond acceptors (Lipinski definition) is 4. The second-order valence-electron chi connectivity index (χ2n) is 2.55. The van der Waals surface area contributed by atoms with Crippen molar-refractivity contribution in [3.05, 3.63) is 18.1 Å². The molecule has 1 rings (SSSR count). The lowest BCUT2D eigenvalue weighted by Gasteiger charge is -2.06. The summed E-state index contributed by atoms with van der Waals surface area (Å²) in [5, 5.41) is 9.88. The van der Waals surface area contributed by atoms with Gasteiger partial charge in [0.15, 0.2) is 5.69 Å². The lowest BCUT2D eigenvalue weighted by atomic mass is 10.4. The minimum Gasteiger partial charge on any atom is -0.477 e. The molecule has 1 aromatic rings. The predicted molar refractivity (Wildman–Crippen MR) is 43.7 cm³/mol. The van der Waals surface area contributed by atoms with Gasteiger partial charge in [0.2, 0.25) is 0 Å². The Labute approximate surface area is 86.1 Å². The van der Waals surface area contributed by atoms with Crippen molar-refractivity contribution < 1.29 is 27.9 Å². The average molecular weight is 235 g/mol. The highest BCUT2D eigenvalue weighted by Gasteiger charge is 2.38. The normalized spacial score (nSPS) is 10.9. The van der Waals surface area contributed by atoms with Crippen molar-refractivity contribution in [3.8, 4) is 0 Å². The van der Waals surface area contributed by atoms with E-state index >= 15 is 0 Å². The quantitative estimate of drug-likeness (QED) is 0.786. The van der Waals surface area contributed by atoms with E-state index in [9.17, 15) is 22.8 Å². The van der Waals surface area contributed by atoms with E-state index < -0.39 is 29.6 Å². The smallest absolute Gasteiger partial charge is 0.471 e. The Morgan fingerprint density at radius 3 is 2.44 bits per heavy atom. The first-order chi connectivity index (χ1) is 7.30. The molecule has 0 aliphatic carbocycles. The number of aromatic nitrogens is 2. The molecular formula is C7H4F3N3O3. The summed E-state index contributed by atoms with van der Waals surface area (Å²) in [5.41, 5.74) is -0.521. The van der Waals surface area contributed by atoms with Crippen molar-refractivity contribution in [2.75, 3.05) is 5.32 Å². The standard InChI is InChI=1S/C7H4F3N3O3/c8-7(9,10)6(16)13-4-1-3(5(14)15)11-2-12-4/h1-2H,(H,14,15)(H,11,12,13,16). The van der Waals surface area contributed by atoms with E-state index in [1.165, 1.54) is 5.32 Å². The van der Waals surface area contributed by atoms with Gasteiger partial charge in [-0.15, -0.1) is 0 Å². The van der Waals surface area contributed by atoms with E-state index in [2.05, 4.69) is 9.97 Å². The zero-order valence-corrected chi connectivity index (χ0v) is 7.45. The zero-order chi connectivity index (χ0) is 12.3. The van der Waals surface area contributed by atoms with Crippen LogP contribution in [0, 0.1) is 0 Å². The maximum Gasteiger partial charge on any atom is 0.471 e. The van der Waals surface area contributed by atoms with Gasteiger partial charge in [0.25, 0.3) is 0 Å². The lowest BCUT2D eigenvalue weighted by molar-refractivity contribution is -0.167. The van der Waals surface area contributed by atoms with Gasteiger partial charge in [-0.25, -0.2) is 14.8 Å². The Balaban J connectivity index is 2.87. The second-order valence-corrected chi connectivity index (χ2v) is 2.55. The number of aromatic carboxylic acids is 1. The number of carbonyl (C=O) groups is 2. The molecule has 0 fully saturated rings. The molecule has 0 aliphatic heterocycles. The Morgan fingerprint density at radius 1 is 1.31 bits per heavy atom. The Bertz CT molecular complexity index is 432. The van der Waals surface area contributed by atoms with Crippen molar-refractivity contribution in [2.24, 2.45) is 0 Å². The molecule has 0 saturated heterocycles. The first-order valence-corrected chi connectivity index (χ1v) is 3.74. The molecule has 0 radical (unpaired) electrons. The van der Waals surface area contributed by atoms with Gasteiger partial charge in [-0.1, -0.05) is 0 Å². The molecule has 6 nitrogen and oxygen atoms in total. The lowest BCUT2D eigenvalue weighted by Crippen LogP contribution is -2.30. The molecule has 16 heavy (non-hydrogen) atoms. The molecule has 0 spiro atoms. The van der Waals surface area contributed by atoms with Gasteiger partial charge in [-0.3, -0.25) is 4.79 Å². The molecule has 0 bridgehead atoms. The van der Waals surface area contributed by atoms with Crippen molar-refractivity contribution in [3.63, 3.8) is 0 Å². The minimum absolute atomic E-state index is 0.521. The summed E-state index contributed by atoms with van der Waals surface area (Å²) in [6, 6.07) is 0.714. The second kappa shape index (κ2) is 4.13. The first-order valence-electron chi connectivity index (χ1n) is 3.74. The molecule has 2 N–H and O–H groups in total. The Hall–Kier alpha value is -2.19. The van der Waals surface area contributed by atoms with Crippen LogP contribution in [0.5, 0.6) is 0 Å². The highest BCUT2D eigenvalue weighted by atomic mass is 19.4. The number of anilines is 1. The fourth-order valence-corrected chi connectivity index (χ4v) is 0.730. The van der Waals surface area contributed by atoms with Crippen LogP contribution in [0.1, 0.15) is 10.5 Å².